The maximum atomic E-state index is 13.2. The lowest BCUT2D eigenvalue weighted by molar-refractivity contribution is -0.137. The fraction of sp³-hybridized carbons (Fsp3) is 0.296. The molecule has 0 bridgehead atoms. The minimum absolute atomic E-state index is 0.188. The van der Waals surface area contributed by atoms with Gasteiger partial charge in [-0.15, -0.1) is 0 Å². The molecular formula is C27H25F3N6O2S. The van der Waals surface area contributed by atoms with E-state index in [4.69, 9.17) is 4.98 Å². The fourth-order valence-electron chi connectivity index (χ4n) is 4.88. The Labute approximate surface area is 223 Å². The predicted octanol–water partition coefficient (Wildman–Crippen LogP) is 5.89. The molecule has 8 nitrogen and oxygen atoms in total. The van der Waals surface area contributed by atoms with Crippen LogP contribution in [0.1, 0.15) is 42.0 Å². The molecule has 1 aliphatic heterocycles. The van der Waals surface area contributed by atoms with Gasteiger partial charge in [-0.2, -0.15) is 18.3 Å². The van der Waals surface area contributed by atoms with Gasteiger partial charge in [0.2, 0.25) is 5.95 Å². The molecular weight excluding hydrogens is 529 g/mol. The molecule has 2 aliphatic rings. The van der Waals surface area contributed by atoms with Gasteiger partial charge in [-0.25, -0.2) is 18.4 Å². The lowest BCUT2D eigenvalue weighted by atomic mass is 9.93. The van der Waals surface area contributed by atoms with Crippen LogP contribution in [0.4, 0.5) is 30.5 Å². The van der Waals surface area contributed by atoms with Gasteiger partial charge in [0.1, 0.15) is 0 Å². The van der Waals surface area contributed by atoms with Gasteiger partial charge in [0, 0.05) is 30.2 Å². The van der Waals surface area contributed by atoms with Crippen LogP contribution in [0.25, 0.3) is 11.3 Å². The molecule has 0 atom stereocenters. The Morgan fingerprint density at radius 1 is 1.05 bits per heavy atom. The molecule has 2 aromatic carbocycles. The summed E-state index contributed by atoms with van der Waals surface area (Å²) in [5.41, 5.74) is 3.72. The maximum absolute atomic E-state index is 13.2. The molecule has 1 saturated carbocycles. The van der Waals surface area contributed by atoms with Gasteiger partial charge in [0.05, 0.1) is 34.1 Å². The third-order valence-corrected chi connectivity index (χ3v) is 9.08. The van der Waals surface area contributed by atoms with Crippen molar-refractivity contribution in [2.75, 3.05) is 16.2 Å². The molecule has 1 aliphatic carbocycles. The second-order valence-corrected chi connectivity index (χ2v) is 11.7. The number of benzene rings is 2. The normalized spacial score (nSPS) is 15.7. The monoisotopic (exact) mass is 554 g/mol. The van der Waals surface area contributed by atoms with E-state index in [2.05, 4.69) is 15.4 Å². The fourth-order valence-corrected chi connectivity index (χ4v) is 6.38. The first kappa shape index (κ1) is 25.4. The molecule has 0 unspecified atom stereocenters. The molecule has 202 valence electrons. The number of anilines is 3. The summed E-state index contributed by atoms with van der Waals surface area (Å²) in [6.07, 6.45) is 5.01. The molecule has 1 N–H and O–H groups in total. The number of hydrogen-bond donors (Lipinski definition) is 1. The average molecular weight is 555 g/mol. The highest BCUT2D eigenvalue weighted by atomic mass is 32.2. The zero-order valence-electron chi connectivity index (χ0n) is 21.0. The van der Waals surface area contributed by atoms with Gasteiger partial charge in [0.25, 0.3) is 10.0 Å². The predicted molar refractivity (Wildman–Crippen MR) is 140 cm³/mol. The third-order valence-electron chi connectivity index (χ3n) is 7.25. The lowest BCUT2D eigenvalue weighted by Crippen LogP contribution is -2.29. The molecule has 0 radical (unpaired) electrons. The van der Waals surface area contributed by atoms with E-state index in [1.165, 1.54) is 10.7 Å². The Bertz CT molecular complexity index is 1650. The number of sulfonamides is 1. The Kier molecular flexibility index (Phi) is 6.09. The van der Waals surface area contributed by atoms with Crippen LogP contribution >= 0.6 is 0 Å². The topological polar surface area (TPSA) is 93.0 Å². The van der Waals surface area contributed by atoms with Gasteiger partial charge < -0.3 is 5.32 Å². The molecule has 6 rings (SSSR count). The van der Waals surface area contributed by atoms with Crippen LogP contribution in [0.5, 0.6) is 0 Å². The first-order chi connectivity index (χ1) is 18.6. The van der Waals surface area contributed by atoms with Crippen molar-refractivity contribution in [2.24, 2.45) is 0 Å². The van der Waals surface area contributed by atoms with E-state index in [0.717, 1.165) is 59.5 Å². The average Bonchev–Trinajstić information content (AvgIpc) is 3.51. The Morgan fingerprint density at radius 3 is 2.51 bits per heavy atom. The third kappa shape index (κ3) is 4.73. The second kappa shape index (κ2) is 9.37. The first-order valence-electron chi connectivity index (χ1n) is 12.6. The van der Waals surface area contributed by atoms with E-state index in [-0.39, 0.29) is 11.4 Å². The highest BCUT2D eigenvalue weighted by molar-refractivity contribution is 7.92. The van der Waals surface area contributed by atoms with E-state index in [0.29, 0.717) is 29.8 Å². The maximum Gasteiger partial charge on any atom is 0.416 e. The van der Waals surface area contributed by atoms with Crippen molar-refractivity contribution < 1.29 is 21.6 Å². The number of aromatic nitrogens is 4. The summed E-state index contributed by atoms with van der Waals surface area (Å²) in [5.74, 6) is 0.402. The summed E-state index contributed by atoms with van der Waals surface area (Å²) in [5, 5.41) is 7.71. The second-order valence-electron chi connectivity index (χ2n) is 9.84. The van der Waals surface area contributed by atoms with Crippen molar-refractivity contribution in [3.63, 3.8) is 0 Å². The van der Waals surface area contributed by atoms with E-state index in [1.54, 1.807) is 18.3 Å². The first-order valence-corrected chi connectivity index (χ1v) is 14.0. The number of fused-ring (bicyclic) bond motifs is 1. The van der Waals surface area contributed by atoms with Crippen LogP contribution in [0, 0.1) is 6.92 Å². The summed E-state index contributed by atoms with van der Waals surface area (Å²) in [6.45, 7) is 2.14. The number of rotatable bonds is 6. The quantitative estimate of drug-likeness (QED) is 0.320. The number of nitrogens with one attached hydrogen (secondary N) is 1. The molecule has 2 aromatic heterocycles. The van der Waals surface area contributed by atoms with Crippen molar-refractivity contribution in [3.05, 3.63) is 77.7 Å². The molecule has 0 spiro atoms. The van der Waals surface area contributed by atoms with Crippen molar-refractivity contribution in [1.82, 2.24) is 19.7 Å². The van der Waals surface area contributed by atoms with Crippen LogP contribution in [0.15, 0.2) is 66.0 Å². The van der Waals surface area contributed by atoms with E-state index >= 15 is 0 Å². The standard InChI is InChI=1S/C27H25F3N6O2S/c1-17-14-31-26(34-25(17)19-15-32-35(16-19)22-3-2-4-22)33-21-7-10-24-18(13-21)11-12-36(24)39(37,38)23-8-5-20(6-9-23)27(28,29)30/h5-10,13-16,22H,2-4,11-12H2,1H3,(H,31,33,34). The van der Waals surface area contributed by atoms with Crippen molar-refractivity contribution >= 4 is 27.3 Å². The molecule has 0 amide bonds. The van der Waals surface area contributed by atoms with Crippen molar-refractivity contribution in [1.29, 1.82) is 0 Å². The van der Waals surface area contributed by atoms with Gasteiger partial charge >= 0.3 is 6.18 Å². The molecule has 1 fully saturated rings. The van der Waals surface area contributed by atoms with Crippen molar-refractivity contribution in [3.8, 4) is 11.3 Å². The highest BCUT2D eigenvalue weighted by Crippen LogP contribution is 2.37. The Morgan fingerprint density at radius 2 is 1.82 bits per heavy atom. The molecule has 4 aromatic rings. The number of nitrogens with zero attached hydrogens (tertiary/aromatic N) is 5. The summed E-state index contributed by atoms with van der Waals surface area (Å²) in [4.78, 5) is 8.92. The van der Waals surface area contributed by atoms with Gasteiger partial charge in [-0.1, -0.05) is 0 Å². The van der Waals surface area contributed by atoms with Crippen LogP contribution in [0.2, 0.25) is 0 Å². The van der Waals surface area contributed by atoms with Gasteiger partial charge in [-0.05, 0) is 86.2 Å². The minimum atomic E-state index is -4.54. The number of hydrogen-bond acceptors (Lipinski definition) is 6. The molecule has 3 heterocycles. The molecule has 0 saturated heterocycles. The van der Waals surface area contributed by atoms with Crippen LogP contribution in [0.3, 0.4) is 0 Å². The van der Waals surface area contributed by atoms with Crippen LogP contribution in [-0.4, -0.2) is 34.7 Å². The smallest absolute Gasteiger partial charge is 0.324 e. The van der Waals surface area contributed by atoms with Crippen LogP contribution in [-0.2, 0) is 22.6 Å². The Hall–Kier alpha value is -3.93. The summed E-state index contributed by atoms with van der Waals surface area (Å²) >= 11 is 0. The molecule has 12 heteroatoms. The largest absolute Gasteiger partial charge is 0.416 e. The van der Waals surface area contributed by atoms with E-state index in [1.807, 2.05) is 30.1 Å². The number of aryl methyl sites for hydroxylation is 1. The van der Waals surface area contributed by atoms with E-state index in [9.17, 15) is 21.6 Å². The summed E-state index contributed by atoms with van der Waals surface area (Å²) in [7, 11) is -4.02. The van der Waals surface area contributed by atoms with E-state index < -0.39 is 21.8 Å². The zero-order chi connectivity index (χ0) is 27.4. The van der Waals surface area contributed by atoms with Crippen LogP contribution < -0.4 is 9.62 Å². The molecule has 39 heavy (non-hydrogen) atoms. The highest BCUT2D eigenvalue weighted by Gasteiger charge is 2.34. The number of halogens is 3. The SMILES string of the molecule is Cc1cnc(Nc2ccc3c(c2)CCN3S(=O)(=O)c2ccc(C(F)(F)F)cc2)nc1-c1cnn(C2CCC2)c1. The zero-order valence-corrected chi connectivity index (χ0v) is 21.8. The van der Waals surface area contributed by atoms with Gasteiger partial charge in [-0.3, -0.25) is 8.99 Å². The lowest BCUT2D eigenvalue weighted by Gasteiger charge is -2.25. The minimum Gasteiger partial charge on any atom is -0.324 e. The number of alkyl halides is 3. The Balaban J connectivity index is 1.22. The summed E-state index contributed by atoms with van der Waals surface area (Å²) in [6, 6.07) is 9.27. The summed E-state index contributed by atoms with van der Waals surface area (Å²) < 4.78 is 68.4. The van der Waals surface area contributed by atoms with Gasteiger partial charge in [0.15, 0.2) is 0 Å². The van der Waals surface area contributed by atoms with Crippen molar-refractivity contribution in [2.45, 2.75) is 49.7 Å².